The van der Waals surface area contributed by atoms with Crippen LogP contribution in [0.15, 0.2) is 18.2 Å². The summed E-state index contributed by atoms with van der Waals surface area (Å²) in [7, 11) is 0. The zero-order valence-corrected chi connectivity index (χ0v) is 9.86. The Bertz CT molecular complexity index is 419. The number of halogens is 5. The SMILES string of the molecule is O=C(CCCl)c1cc(OC(F)(F)F)ccc1Cl. The maximum absolute atomic E-state index is 12.0. The Hall–Kier alpha value is -0.940. The fraction of sp³-hybridized carbons (Fsp3) is 0.300. The van der Waals surface area contributed by atoms with Gasteiger partial charge in [-0.3, -0.25) is 4.79 Å². The van der Waals surface area contributed by atoms with Crippen molar-refractivity contribution >= 4 is 29.0 Å². The van der Waals surface area contributed by atoms with Crippen molar-refractivity contribution in [2.24, 2.45) is 0 Å². The van der Waals surface area contributed by atoms with Crippen LogP contribution in [0.1, 0.15) is 16.8 Å². The Balaban J connectivity index is 2.98. The molecule has 0 bridgehead atoms. The maximum atomic E-state index is 12.0. The predicted molar refractivity (Wildman–Crippen MR) is 57.8 cm³/mol. The van der Waals surface area contributed by atoms with E-state index in [9.17, 15) is 18.0 Å². The molecule has 17 heavy (non-hydrogen) atoms. The standard InChI is InChI=1S/C10H7Cl2F3O2/c11-4-3-9(16)7-5-6(1-2-8(7)12)17-10(13,14)15/h1-2,5H,3-4H2. The Morgan fingerprint density at radius 1 is 1.35 bits per heavy atom. The van der Waals surface area contributed by atoms with Gasteiger partial charge in [0.1, 0.15) is 5.75 Å². The van der Waals surface area contributed by atoms with E-state index in [1.165, 1.54) is 6.07 Å². The second-order valence-corrected chi connectivity index (χ2v) is 3.84. The van der Waals surface area contributed by atoms with E-state index in [1.807, 2.05) is 0 Å². The summed E-state index contributed by atoms with van der Waals surface area (Å²) in [5.41, 5.74) is -0.0333. The van der Waals surface area contributed by atoms with Crippen molar-refractivity contribution in [2.45, 2.75) is 12.8 Å². The Morgan fingerprint density at radius 3 is 2.53 bits per heavy atom. The lowest BCUT2D eigenvalue weighted by atomic mass is 10.1. The molecule has 7 heteroatoms. The van der Waals surface area contributed by atoms with Gasteiger partial charge in [-0.2, -0.15) is 0 Å². The van der Waals surface area contributed by atoms with Crippen LogP contribution in [0, 0.1) is 0 Å². The van der Waals surface area contributed by atoms with Gasteiger partial charge in [-0.1, -0.05) is 11.6 Å². The molecule has 0 saturated carbocycles. The van der Waals surface area contributed by atoms with E-state index in [-0.39, 0.29) is 22.9 Å². The minimum absolute atomic E-state index is 0.00323. The topological polar surface area (TPSA) is 26.3 Å². The minimum Gasteiger partial charge on any atom is -0.406 e. The lowest BCUT2D eigenvalue weighted by molar-refractivity contribution is -0.274. The van der Waals surface area contributed by atoms with Crippen LogP contribution in [0.2, 0.25) is 5.02 Å². The van der Waals surface area contributed by atoms with Crippen molar-refractivity contribution in [3.05, 3.63) is 28.8 Å². The molecule has 1 rings (SSSR count). The lowest BCUT2D eigenvalue weighted by Crippen LogP contribution is -2.17. The van der Waals surface area contributed by atoms with E-state index in [2.05, 4.69) is 4.74 Å². The van der Waals surface area contributed by atoms with E-state index in [0.29, 0.717) is 0 Å². The lowest BCUT2D eigenvalue weighted by Gasteiger charge is -2.10. The predicted octanol–water partition coefficient (Wildman–Crippen LogP) is 4.05. The molecule has 0 saturated heterocycles. The van der Waals surface area contributed by atoms with Crippen molar-refractivity contribution in [1.29, 1.82) is 0 Å². The first-order valence-electron chi connectivity index (χ1n) is 4.48. The molecule has 0 heterocycles. The minimum atomic E-state index is -4.80. The van der Waals surface area contributed by atoms with Gasteiger partial charge in [0.2, 0.25) is 0 Å². The molecule has 0 amide bonds. The first-order valence-corrected chi connectivity index (χ1v) is 5.39. The number of Topliss-reactive ketones (excluding diaryl/α,β-unsaturated/α-hetero) is 1. The molecule has 0 aromatic heterocycles. The first-order chi connectivity index (χ1) is 7.83. The van der Waals surface area contributed by atoms with Gasteiger partial charge in [0.25, 0.3) is 0 Å². The van der Waals surface area contributed by atoms with Crippen LogP contribution in [-0.4, -0.2) is 18.0 Å². The zero-order chi connectivity index (χ0) is 13.1. The summed E-state index contributed by atoms with van der Waals surface area (Å²) in [4.78, 5) is 11.5. The van der Waals surface area contributed by atoms with Gasteiger partial charge in [-0.05, 0) is 18.2 Å². The molecule has 0 radical (unpaired) electrons. The summed E-state index contributed by atoms with van der Waals surface area (Å²) < 4.78 is 39.6. The third-order valence-electron chi connectivity index (χ3n) is 1.79. The average Bonchev–Trinajstić information content (AvgIpc) is 2.19. The number of ether oxygens (including phenoxy) is 1. The number of rotatable bonds is 4. The second-order valence-electron chi connectivity index (χ2n) is 3.05. The van der Waals surface area contributed by atoms with Crippen LogP contribution in [0.25, 0.3) is 0 Å². The molecule has 1 aromatic rings. The van der Waals surface area contributed by atoms with Gasteiger partial charge >= 0.3 is 6.36 Å². The smallest absolute Gasteiger partial charge is 0.406 e. The second kappa shape index (κ2) is 5.60. The highest BCUT2D eigenvalue weighted by molar-refractivity contribution is 6.34. The van der Waals surface area contributed by atoms with Crippen LogP contribution in [0.4, 0.5) is 13.2 Å². The van der Waals surface area contributed by atoms with E-state index in [4.69, 9.17) is 23.2 Å². The summed E-state index contributed by atoms with van der Waals surface area (Å²) in [6, 6.07) is 3.15. The van der Waals surface area contributed by atoms with Crippen molar-refractivity contribution in [2.75, 3.05) is 5.88 Å². The molecule has 0 fully saturated rings. The van der Waals surface area contributed by atoms with Crippen molar-refractivity contribution in [3.63, 3.8) is 0 Å². The summed E-state index contributed by atoms with van der Waals surface area (Å²) in [5.74, 6) is -0.850. The molecule has 0 spiro atoms. The van der Waals surface area contributed by atoms with Gasteiger partial charge in [-0.25, -0.2) is 0 Å². The molecule has 2 nitrogen and oxygen atoms in total. The molecular weight excluding hydrogens is 280 g/mol. The van der Waals surface area contributed by atoms with Gasteiger partial charge < -0.3 is 4.74 Å². The Morgan fingerprint density at radius 2 is 2.00 bits per heavy atom. The summed E-state index contributed by atoms with van der Waals surface area (Å²) in [5, 5.41) is 0.0645. The number of ketones is 1. The van der Waals surface area contributed by atoms with E-state index in [0.717, 1.165) is 12.1 Å². The molecule has 0 N–H and O–H groups in total. The number of hydrogen-bond acceptors (Lipinski definition) is 2. The van der Waals surface area contributed by atoms with E-state index >= 15 is 0 Å². The van der Waals surface area contributed by atoms with E-state index in [1.54, 1.807) is 0 Å². The van der Waals surface area contributed by atoms with Crippen molar-refractivity contribution in [3.8, 4) is 5.75 Å². The molecule has 94 valence electrons. The molecule has 0 unspecified atom stereocenters. The molecule has 1 aromatic carbocycles. The zero-order valence-electron chi connectivity index (χ0n) is 8.35. The highest BCUT2D eigenvalue weighted by atomic mass is 35.5. The summed E-state index contributed by atoms with van der Waals surface area (Å²) in [6.07, 6.45) is -4.81. The monoisotopic (exact) mass is 286 g/mol. The highest BCUT2D eigenvalue weighted by Gasteiger charge is 2.31. The average molecular weight is 287 g/mol. The number of benzene rings is 1. The number of alkyl halides is 4. The Labute approximate surface area is 105 Å². The van der Waals surface area contributed by atoms with Gasteiger partial charge in [-0.15, -0.1) is 24.8 Å². The van der Waals surface area contributed by atoms with Crippen LogP contribution in [0.5, 0.6) is 5.75 Å². The van der Waals surface area contributed by atoms with Crippen molar-refractivity contribution < 1.29 is 22.7 Å². The fourth-order valence-electron chi connectivity index (χ4n) is 1.14. The van der Waals surface area contributed by atoms with Crippen LogP contribution < -0.4 is 4.74 Å². The largest absolute Gasteiger partial charge is 0.573 e. The quantitative estimate of drug-likeness (QED) is 0.617. The Kier molecular flexibility index (Phi) is 4.65. The van der Waals surface area contributed by atoms with Crippen LogP contribution in [0.3, 0.4) is 0 Å². The van der Waals surface area contributed by atoms with Gasteiger partial charge in [0, 0.05) is 17.9 Å². The first kappa shape index (κ1) is 14.1. The van der Waals surface area contributed by atoms with Gasteiger partial charge in [0.15, 0.2) is 5.78 Å². The third-order valence-corrected chi connectivity index (χ3v) is 2.31. The van der Waals surface area contributed by atoms with Crippen LogP contribution in [-0.2, 0) is 0 Å². The molecular formula is C10H7Cl2F3O2. The van der Waals surface area contributed by atoms with Crippen LogP contribution >= 0.6 is 23.2 Å². The normalized spacial score (nSPS) is 11.4. The maximum Gasteiger partial charge on any atom is 0.573 e. The summed E-state index contributed by atoms with van der Waals surface area (Å²) in [6.45, 7) is 0. The summed E-state index contributed by atoms with van der Waals surface area (Å²) >= 11 is 11.1. The molecule has 0 atom stereocenters. The highest BCUT2D eigenvalue weighted by Crippen LogP contribution is 2.27. The van der Waals surface area contributed by atoms with Crippen molar-refractivity contribution in [1.82, 2.24) is 0 Å². The fourth-order valence-corrected chi connectivity index (χ4v) is 1.53. The van der Waals surface area contributed by atoms with E-state index < -0.39 is 17.9 Å². The molecule has 0 aliphatic rings. The number of carbonyl (C=O) groups excluding carboxylic acids is 1. The number of carbonyl (C=O) groups is 1. The molecule has 0 aliphatic heterocycles. The third kappa shape index (κ3) is 4.44. The molecule has 0 aliphatic carbocycles. The van der Waals surface area contributed by atoms with Gasteiger partial charge in [0.05, 0.1) is 5.02 Å². The number of hydrogen-bond donors (Lipinski definition) is 0.